The summed E-state index contributed by atoms with van der Waals surface area (Å²) in [6, 6.07) is 0. The van der Waals surface area contributed by atoms with Crippen molar-refractivity contribution in [3.05, 3.63) is 0 Å². The Morgan fingerprint density at radius 1 is 1.31 bits per heavy atom. The summed E-state index contributed by atoms with van der Waals surface area (Å²) >= 11 is 0. The van der Waals surface area contributed by atoms with E-state index in [2.05, 4.69) is 51.8 Å². The van der Waals surface area contributed by atoms with Crippen LogP contribution in [0.3, 0.4) is 0 Å². The molecule has 1 aliphatic heterocycles. The van der Waals surface area contributed by atoms with Crippen LogP contribution in [0.2, 0.25) is 0 Å². The van der Waals surface area contributed by atoms with Crippen LogP contribution in [0.1, 0.15) is 48.0 Å². The maximum atomic E-state index is 3.62. The third-order valence-electron chi connectivity index (χ3n) is 4.07. The third kappa shape index (κ3) is 4.06. The molecule has 1 N–H and O–H groups in total. The van der Waals surface area contributed by atoms with E-state index in [4.69, 9.17) is 0 Å². The molecule has 0 bridgehead atoms. The Balaban J connectivity index is 2.59. The van der Waals surface area contributed by atoms with Gasteiger partial charge in [-0.1, -0.05) is 27.7 Å². The summed E-state index contributed by atoms with van der Waals surface area (Å²) in [5, 5.41) is 3.62. The van der Waals surface area contributed by atoms with Gasteiger partial charge in [0, 0.05) is 18.6 Å². The van der Waals surface area contributed by atoms with Crippen molar-refractivity contribution in [3.63, 3.8) is 0 Å². The van der Waals surface area contributed by atoms with Crippen molar-refractivity contribution in [2.45, 2.75) is 53.5 Å². The fourth-order valence-electron chi connectivity index (χ4n) is 2.32. The molecule has 0 radical (unpaired) electrons. The van der Waals surface area contributed by atoms with Crippen LogP contribution in [0.5, 0.6) is 0 Å². The minimum Gasteiger partial charge on any atom is -0.310 e. The van der Waals surface area contributed by atoms with Gasteiger partial charge in [0.1, 0.15) is 0 Å². The van der Waals surface area contributed by atoms with E-state index in [0.717, 1.165) is 12.5 Å². The zero-order valence-corrected chi connectivity index (χ0v) is 12.1. The fourth-order valence-corrected chi connectivity index (χ4v) is 2.32. The van der Waals surface area contributed by atoms with Crippen LogP contribution in [0.25, 0.3) is 0 Å². The van der Waals surface area contributed by atoms with Crippen molar-refractivity contribution in [3.8, 4) is 0 Å². The SMILES string of the molecule is CC(C)C(C)(C)CN1CCCNC(C)(C)C1. The Morgan fingerprint density at radius 2 is 1.94 bits per heavy atom. The lowest BCUT2D eigenvalue weighted by atomic mass is 9.80. The summed E-state index contributed by atoms with van der Waals surface area (Å²) in [4.78, 5) is 2.64. The molecule has 0 amide bonds. The van der Waals surface area contributed by atoms with Gasteiger partial charge in [0.2, 0.25) is 0 Å². The molecule has 0 aromatic heterocycles. The zero-order chi connectivity index (χ0) is 12.4. The van der Waals surface area contributed by atoms with Crippen LogP contribution in [0, 0.1) is 11.3 Å². The van der Waals surface area contributed by atoms with E-state index in [0.29, 0.717) is 5.41 Å². The van der Waals surface area contributed by atoms with Crippen molar-refractivity contribution < 1.29 is 0 Å². The number of rotatable bonds is 3. The molecule has 1 fully saturated rings. The molecule has 1 aliphatic rings. The van der Waals surface area contributed by atoms with Gasteiger partial charge in [0.15, 0.2) is 0 Å². The standard InChI is InChI=1S/C14H30N2/c1-12(2)13(3,4)10-16-9-7-8-15-14(5,6)11-16/h12,15H,7-11H2,1-6H3. The molecule has 0 atom stereocenters. The molecule has 0 spiro atoms. The average molecular weight is 226 g/mol. The minimum atomic E-state index is 0.267. The van der Waals surface area contributed by atoms with Crippen molar-refractivity contribution in [1.82, 2.24) is 10.2 Å². The lowest BCUT2D eigenvalue weighted by Crippen LogP contribution is -2.48. The minimum absolute atomic E-state index is 0.267. The molecule has 1 heterocycles. The van der Waals surface area contributed by atoms with E-state index in [1.54, 1.807) is 0 Å². The molecular formula is C14H30N2. The molecule has 2 nitrogen and oxygen atoms in total. The first-order valence-corrected chi connectivity index (χ1v) is 6.70. The highest BCUT2D eigenvalue weighted by molar-refractivity contribution is 4.87. The maximum absolute atomic E-state index is 3.62. The van der Waals surface area contributed by atoms with Gasteiger partial charge < -0.3 is 10.2 Å². The van der Waals surface area contributed by atoms with Gasteiger partial charge in [0.25, 0.3) is 0 Å². The Kier molecular flexibility index (Phi) is 4.42. The van der Waals surface area contributed by atoms with E-state index in [1.165, 1.54) is 26.1 Å². The monoisotopic (exact) mass is 226 g/mol. The van der Waals surface area contributed by atoms with Gasteiger partial charge in [-0.25, -0.2) is 0 Å². The third-order valence-corrected chi connectivity index (χ3v) is 4.07. The molecule has 0 aromatic rings. The zero-order valence-electron chi connectivity index (χ0n) is 12.1. The van der Waals surface area contributed by atoms with Crippen LogP contribution < -0.4 is 5.32 Å². The second-order valence-corrected chi connectivity index (χ2v) is 7.02. The second-order valence-electron chi connectivity index (χ2n) is 7.02. The van der Waals surface area contributed by atoms with Gasteiger partial charge in [-0.3, -0.25) is 0 Å². The van der Waals surface area contributed by atoms with Crippen LogP contribution in [0.15, 0.2) is 0 Å². The molecule has 0 unspecified atom stereocenters. The fraction of sp³-hybridized carbons (Fsp3) is 1.00. The first-order chi connectivity index (χ1) is 7.23. The molecule has 0 aromatic carbocycles. The lowest BCUT2D eigenvalue weighted by molar-refractivity contribution is 0.122. The first-order valence-electron chi connectivity index (χ1n) is 6.70. The summed E-state index contributed by atoms with van der Waals surface area (Å²) < 4.78 is 0. The Hall–Kier alpha value is -0.0800. The maximum Gasteiger partial charge on any atom is 0.0252 e. The van der Waals surface area contributed by atoms with Gasteiger partial charge in [-0.2, -0.15) is 0 Å². The molecule has 0 saturated carbocycles. The molecule has 16 heavy (non-hydrogen) atoms. The highest BCUT2D eigenvalue weighted by atomic mass is 15.2. The van der Waals surface area contributed by atoms with Crippen molar-refractivity contribution >= 4 is 0 Å². The van der Waals surface area contributed by atoms with Crippen molar-refractivity contribution in [1.29, 1.82) is 0 Å². The van der Waals surface area contributed by atoms with E-state index in [-0.39, 0.29) is 5.54 Å². The molecule has 1 rings (SSSR count). The number of hydrogen-bond acceptors (Lipinski definition) is 2. The molecule has 1 saturated heterocycles. The van der Waals surface area contributed by atoms with Gasteiger partial charge in [-0.15, -0.1) is 0 Å². The summed E-state index contributed by atoms with van der Waals surface area (Å²) in [5.74, 6) is 0.742. The average Bonchev–Trinajstić information content (AvgIpc) is 2.25. The molecule has 96 valence electrons. The quantitative estimate of drug-likeness (QED) is 0.796. The largest absolute Gasteiger partial charge is 0.310 e. The Morgan fingerprint density at radius 3 is 2.50 bits per heavy atom. The summed E-state index contributed by atoms with van der Waals surface area (Å²) in [7, 11) is 0. The summed E-state index contributed by atoms with van der Waals surface area (Å²) in [6.07, 6.45) is 1.28. The van der Waals surface area contributed by atoms with Gasteiger partial charge in [-0.05, 0) is 44.7 Å². The Bertz CT molecular complexity index is 219. The number of nitrogens with one attached hydrogen (secondary N) is 1. The van der Waals surface area contributed by atoms with Crippen molar-refractivity contribution in [2.24, 2.45) is 11.3 Å². The van der Waals surface area contributed by atoms with Crippen molar-refractivity contribution in [2.75, 3.05) is 26.2 Å². The summed E-state index contributed by atoms with van der Waals surface area (Å²) in [6.45, 7) is 18.9. The first kappa shape index (κ1) is 14.0. The van der Waals surface area contributed by atoms with Crippen LogP contribution >= 0.6 is 0 Å². The van der Waals surface area contributed by atoms with Crippen LogP contribution in [-0.2, 0) is 0 Å². The van der Waals surface area contributed by atoms with E-state index in [9.17, 15) is 0 Å². The predicted octanol–water partition coefficient (Wildman–Crippen LogP) is 2.74. The van der Waals surface area contributed by atoms with E-state index < -0.39 is 0 Å². The van der Waals surface area contributed by atoms with Crippen LogP contribution in [0.4, 0.5) is 0 Å². The van der Waals surface area contributed by atoms with Gasteiger partial charge >= 0.3 is 0 Å². The van der Waals surface area contributed by atoms with E-state index >= 15 is 0 Å². The molecule has 2 heteroatoms. The Labute approximate surface area is 102 Å². The highest BCUT2D eigenvalue weighted by Crippen LogP contribution is 2.28. The van der Waals surface area contributed by atoms with Gasteiger partial charge in [0.05, 0.1) is 0 Å². The second kappa shape index (κ2) is 5.05. The highest BCUT2D eigenvalue weighted by Gasteiger charge is 2.29. The lowest BCUT2D eigenvalue weighted by Gasteiger charge is -2.38. The topological polar surface area (TPSA) is 15.3 Å². The normalized spacial score (nSPS) is 23.4. The molecule has 0 aliphatic carbocycles. The van der Waals surface area contributed by atoms with E-state index in [1.807, 2.05) is 0 Å². The molecular weight excluding hydrogens is 196 g/mol. The number of hydrogen-bond donors (Lipinski definition) is 1. The summed E-state index contributed by atoms with van der Waals surface area (Å²) in [5.41, 5.74) is 0.685. The smallest absolute Gasteiger partial charge is 0.0252 e. The van der Waals surface area contributed by atoms with Crippen LogP contribution in [-0.4, -0.2) is 36.6 Å². The predicted molar refractivity (Wildman–Crippen MR) is 71.8 cm³/mol. The number of nitrogens with zero attached hydrogens (tertiary/aromatic N) is 1.